The Morgan fingerprint density at radius 3 is 2.44 bits per heavy atom. The Bertz CT molecular complexity index is 494. The van der Waals surface area contributed by atoms with E-state index in [-0.39, 0.29) is 6.04 Å². The van der Waals surface area contributed by atoms with Gasteiger partial charge in [-0.3, -0.25) is 0 Å². The molecule has 1 atom stereocenters. The van der Waals surface area contributed by atoms with Crippen LogP contribution in [0.25, 0.3) is 0 Å². The van der Waals surface area contributed by atoms with Crippen molar-refractivity contribution in [2.24, 2.45) is 0 Å². The lowest BCUT2D eigenvalue weighted by Gasteiger charge is -2.09. The summed E-state index contributed by atoms with van der Waals surface area (Å²) in [5.74, 6) is 0. The number of hydrogen-bond acceptors (Lipinski definition) is 2. The van der Waals surface area contributed by atoms with Crippen molar-refractivity contribution in [2.75, 3.05) is 0 Å². The van der Waals surface area contributed by atoms with E-state index in [0.29, 0.717) is 9.72 Å². The fourth-order valence-electron chi connectivity index (χ4n) is 1.69. The molecule has 1 fully saturated rings. The molecule has 0 bridgehead atoms. The highest BCUT2D eigenvalue weighted by Crippen LogP contribution is 2.22. The van der Waals surface area contributed by atoms with E-state index in [4.69, 9.17) is 0 Å². The maximum atomic E-state index is 12.0. The Balaban J connectivity index is 2.06. The lowest BCUT2D eigenvalue weighted by atomic mass is 10.1. The summed E-state index contributed by atoms with van der Waals surface area (Å²) >= 11 is 3.58. The zero-order chi connectivity index (χ0) is 13.2. The molecule has 0 heterocycles. The number of alkyl halides is 1. The number of hydrogen-bond donors (Lipinski definition) is 1. The Hall–Kier alpha value is -0.390. The van der Waals surface area contributed by atoms with E-state index < -0.39 is 10.0 Å². The molecule has 0 saturated heterocycles. The van der Waals surface area contributed by atoms with E-state index in [1.54, 1.807) is 12.1 Å². The van der Waals surface area contributed by atoms with Gasteiger partial charge in [-0.05, 0) is 43.4 Å². The number of halogens is 1. The smallest absolute Gasteiger partial charge is 0.208 e. The largest absolute Gasteiger partial charge is 0.240 e. The molecule has 1 saturated carbocycles. The van der Waals surface area contributed by atoms with E-state index in [0.717, 1.165) is 31.2 Å². The summed E-state index contributed by atoms with van der Waals surface area (Å²) in [4.78, 5) is 0.810. The van der Waals surface area contributed by atoms with Crippen molar-refractivity contribution in [1.29, 1.82) is 0 Å². The zero-order valence-corrected chi connectivity index (χ0v) is 12.8. The van der Waals surface area contributed by atoms with Gasteiger partial charge < -0.3 is 0 Å². The first-order valence-electron chi connectivity index (χ1n) is 6.26. The third-order valence-electron chi connectivity index (χ3n) is 3.03. The highest BCUT2D eigenvalue weighted by Gasteiger charge is 2.27. The van der Waals surface area contributed by atoms with Crippen LogP contribution in [0.5, 0.6) is 0 Å². The third-order valence-corrected chi connectivity index (χ3v) is 5.54. The monoisotopic (exact) mass is 331 g/mol. The van der Waals surface area contributed by atoms with Gasteiger partial charge in [-0.25, -0.2) is 13.1 Å². The van der Waals surface area contributed by atoms with Crippen LogP contribution in [0.15, 0.2) is 29.2 Å². The number of sulfonamides is 1. The SMILES string of the molecule is CCC(Br)Cc1ccc(S(=O)(=O)NC2CC2)cc1. The highest BCUT2D eigenvalue weighted by molar-refractivity contribution is 9.09. The highest BCUT2D eigenvalue weighted by atomic mass is 79.9. The van der Waals surface area contributed by atoms with E-state index in [1.807, 2.05) is 12.1 Å². The Labute approximate surface area is 117 Å². The fraction of sp³-hybridized carbons (Fsp3) is 0.538. The molecule has 0 amide bonds. The van der Waals surface area contributed by atoms with Crippen LogP contribution < -0.4 is 4.72 Å². The van der Waals surface area contributed by atoms with Gasteiger partial charge >= 0.3 is 0 Å². The third kappa shape index (κ3) is 3.80. The minimum atomic E-state index is -3.31. The lowest BCUT2D eigenvalue weighted by Crippen LogP contribution is -2.25. The summed E-state index contributed by atoms with van der Waals surface area (Å²) in [7, 11) is -3.31. The average molecular weight is 332 g/mol. The first-order valence-corrected chi connectivity index (χ1v) is 8.66. The summed E-state index contributed by atoms with van der Waals surface area (Å²) in [6, 6.07) is 7.32. The van der Waals surface area contributed by atoms with Crippen LogP contribution >= 0.6 is 15.9 Å². The molecule has 1 aliphatic rings. The van der Waals surface area contributed by atoms with Gasteiger partial charge in [0.2, 0.25) is 10.0 Å². The van der Waals surface area contributed by atoms with Crippen molar-refractivity contribution in [3.05, 3.63) is 29.8 Å². The van der Waals surface area contributed by atoms with Crippen LogP contribution in [0, 0.1) is 0 Å². The molecule has 2 rings (SSSR count). The van der Waals surface area contributed by atoms with Gasteiger partial charge in [-0.15, -0.1) is 0 Å². The molecule has 1 aromatic rings. The standard InChI is InChI=1S/C13H18BrNO2S/c1-2-11(14)9-10-3-7-13(8-4-10)18(16,17)15-12-5-6-12/h3-4,7-8,11-12,15H,2,5-6,9H2,1H3. The molecule has 5 heteroatoms. The van der Waals surface area contributed by atoms with Crippen LogP contribution in [0.1, 0.15) is 31.7 Å². The molecule has 1 aliphatic carbocycles. The van der Waals surface area contributed by atoms with E-state index >= 15 is 0 Å². The summed E-state index contributed by atoms with van der Waals surface area (Å²) in [6.07, 6.45) is 3.90. The molecule has 1 N–H and O–H groups in total. The second kappa shape index (κ2) is 5.72. The minimum absolute atomic E-state index is 0.154. The minimum Gasteiger partial charge on any atom is -0.208 e. The maximum absolute atomic E-state index is 12.0. The Kier molecular flexibility index (Phi) is 4.45. The van der Waals surface area contributed by atoms with Crippen LogP contribution in [0.2, 0.25) is 0 Å². The van der Waals surface area contributed by atoms with Gasteiger partial charge in [0.1, 0.15) is 0 Å². The van der Waals surface area contributed by atoms with Crippen LogP contribution in [0.4, 0.5) is 0 Å². The molecule has 100 valence electrons. The predicted molar refractivity (Wildman–Crippen MR) is 76.5 cm³/mol. The quantitative estimate of drug-likeness (QED) is 0.814. The first kappa shape index (κ1) is 14.0. The summed E-state index contributed by atoms with van der Waals surface area (Å²) < 4.78 is 26.6. The Morgan fingerprint density at radius 1 is 1.33 bits per heavy atom. The van der Waals surface area contributed by atoms with Crippen LogP contribution in [0.3, 0.4) is 0 Å². The zero-order valence-electron chi connectivity index (χ0n) is 10.4. The first-order chi connectivity index (χ1) is 8.51. The molecular weight excluding hydrogens is 314 g/mol. The van der Waals surface area contributed by atoms with Crippen molar-refractivity contribution in [3.8, 4) is 0 Å². The lowest BCUT2D eigenvalue weighted by molar-refractivity contribution is 0.581. The predicted octanol–water partition coefficient (Wildman–Crippen LogP) is 2.84. The second-order valence-corrected chi connectivity index (χ2v) is 7.76. The molecule has 0 radical (unpaired) electrons. The van der Waals surface area contributed by atoms with E-state index in [2.05, 4.69) is 27.6 Å². The molecule has 0 aromatic heterocycles. The number of benzene rings is 1. The van der Waals surface area contributed by atoms with E-state index in [1.165, 1.54) is 0 Å². The van der Waals surface area contributed by atoms with Gasteiger partial charge in [-0.1, -0.05) is 35.0 Å². The van der Waals surface area contributed by atoms with Crippen LogP contribution in [-0.4, -0.2) is 19.3 Å². The second-order valence-electron chi connectivity index (χ2n) is 4.75. The van der Waals surface area contributed by atoms with Gasteiger partial charge in [0.25, 0.3) is 0 Å². The van der Waals surface area contributed by atoms with Crippen molar-refractivity contribution in [1.82, 2.24) is 4.72 Å². The fourth-order valence-corrected chi connectivity index (χ4v) is 3.37. The van der Waals surface area contributed by atoms with Crippen molar-refractivity contribution in [2.45, 2.75) is 48.4 Å². The molecule has 0 spiro atoms. The normalized spacial score (nSPS) is 17.7. The molecule has 0 aliphatic heterocycles. The Morgan fingerprint density at radius 2 is 1.94 bits per heavy atom. The van der Waals surface area contributed by atoms with Gasteiger partial charge in [-0.2, -0.15) is 0 Å². The molecule has 1 unspecified atom stereocenters. The van der Waals surface area contributed by atoms with Crippen molar-refractivity contribution < 1.29 is 8.42 Å². The van der Waals surface area contributed by atoms with Gasteiger partial charge in [0.15, 0.2) is 0 Å². The summed E-state index contributed by atoms with van der Waals surface area (Å²) in [6.45, 7) is 2.12. The average Bonchev–Trinajstić information content (AvgIpc) is 3.13. The van der Waals surface area contributed by atoms with Gasteiger partial charge in [0.05, 0.1) is 4.90 Å². The molecule has 3 nitrogen and oxygen atoms in total. The topological polar surface area (TPSA) is 46.2 Å². The van der Waals surface area contributed by atoms with Crippen molar-refractivity contribution >= 4 is 26.0 Å². The number of rotatable bonds is 6. The van der Waals surface area contributed by atoms with Crippen LogP contribution in [-0.2, 0) is 16.4 Å². The van der Waals surface area contributed by atoms with E-state index in [9.17, 15) is 8.42 Å². The summed E-state index contributed by atoms with van der Waals surface area (Å²) in [5.41, 5.74) is 1.16. The van der Waals surface area contributed by atoms with Crippen molar-refractivity contribution in [3.63, 3.8) is 0 Å². The molecular formula is C13H18BrNO2S. The molecule has 1 aromatic carbocycles. The molecule has 18 heavy (non-hydrogen) atoms. The summed E-state index contributed by atoms with van der Waals surface area (Å²) in [5, 5.41) is 0. The van der Waals surface area contributed by atoms with Gasteiger partial charge in [0, 0.05) is 10.9 Å². The maximum Gasteiger partial charge on any atom is 0.240 e. The number of nitrogens with one attached hydrogen (secondary N) is 1.